The van der Waals surface area contributed by atoms with E-state index in [-0.39, 0.29) is 22.2 Å². The Kier molecular flexibility index (Phi) is 6.38. The Morgan fingerprint density at radius 1 is 0.478 bits per heavy atom. The van der Waals surface area contributed by atoms with E-state index in [9.17, 15) is 0 Å². The fourth-order valence-electron chi connectivity index (χ4n) is 8.27. The molecule has 46 heavy (non-hydrogen) atoms. The normalized spacial score (nSPS) is 19.8. The van der Waals surface area contributed by atoms with Gasteiger partial charge in [-0.25, -0.2) is 0 Å². The molecule has 6 heteroatoms. The predicted octanol–water partition coefficient (Wildman–Crippen LogP) is 7.84. The van der Waals surface area contributed by atoms with Crippen LogP contribution in [-0.2, 0) is 33.8 Å². The summed E-state index contributed by atoms with van der Waals surface area (Å²) in [6.07, 6.45) is 7.37. The van der Waals surface area contributed by atoms with Crippen molar-refractivity contribution in [3.05, 3.63) is 108 Å². The maximum atomic E-state index is 5.69. The molecule has 0 N–H and O–H groups in total. The molecule has 6 nitrogen and oxygen atoms in total. The highest BCUT2D eigenvalue weighted by atomic mass is 16.5. The van der Waals surface area contributed by atoms with Gasteiger partial charge in [0.15, 0.2) is 0 Å². The van der Waals surface area contributed by atoms with Crippen LogP contribution in [0.15, 0.2) is 91.4 Å². The highest BCUT2D eigenvalue weighted by Crippen LogP contribution is 2.45. The molecule has 0 radical (unpaired) electrons. The number of benzene rings is 3. The summed E-state index contributed by atoms with van der Waals surface area (Å²) in [7, 11) is 0. The zero-order valence-corrected chi connectivity index (χ0v) is 27.2. The molecule has 3 aromatic carbocycles. The van der Waals surface area contributed by atoms with Gasteiger partial charge in [-0.2, -0.15) is 0 Å². The topological polar surface area (TPSA) is 42.5 Å². The zero-order valence-electron chi connectivity index (χ0n) is 27.2. The molecule has 3 fully saturated rings. The first-order chi connectivity index (χ1) is 22.3. The second-order valence-electron chi connectivity index (χ2n) is 15.5. The van der Waals surface area contributed by atoms with Crippen molar-refractivity contribution < 1.29 is 14.2 Å². The molecular formula is C40H43N3O3. The summed E-state index contributed by atoms with van der Waals surface area (Å²) in [5, 5.41) is 3.97. The van der Waals surface area contributed by atoms with E-state index in [1.165, 1.54) is 49.4 Å². The minimum absolute atomic E-state index is 0.0461. The van der Waals surface area contributed by atoms with E-state index in [0.717, 1.165) is 59.3 Å². The molecule has 0 spiro atoms. The number of hydrogen-bond acceptors (Lipinski definition) is 3. The van der Waals surface area contributed by atoms with Gasteiger partial charge in [-0.3, -0.25) is 0 Å². The minimum Gasteiger partial charge on any atom is -0.380 e. The van der Waals surface area contributed by atoms with Gasteiger partial charge in [0, 0.05) is 93.1 Å². The lowest BCUT2D eigenvalue weighted by atomic mass is 9.84. The first kappa shape index (κ1) is 28.4. The van der Waals surface area contributed by atoms with Gasteiger partial charge in [-0.1, -0.05) is 75.4 Å². The van der Waals surface area contributed by atoms with Crippen LogP contribution in [0.25, 0.3) is 32.7 Å². The van der Waals surface area contributed by atoms with Crippen molar-refractivity contribution in [2.45, 2.75) is 46.3 Å². The summed E-state index contributed by atoms with van der Waals surface area (Å²) >= 11 is 0. The average Bonchev–Trinajstić information content (AvgIpc) is 3.68. The van der Waals surface area contributed by atoms with Gasteiger partial charge in [0.05, 0.1) is 39.6 Å². The lowest BCUT2D eigenvalue weighted by molar-refractivity contribution is -0.109. The Hall–Kier alpha value is -3.84. The molecule has 0 unspecified atom stereocenters. The quantitative estimate of drug-likeness (QED) is 0.167. The lowest BCUT2D eigenvalue weighted by Crippen LogP contribution is -2.43. The van der Waals surface area contributed by atoms with Gasteiger partial charge in [-0.05, 0) is 34.9 Å². The van der Waals surface area contributed by atoms with E-state index in [1.54, 1.807) is 0 Å². The Labute approximate surface area is 270 Å². The number of fused-ring (bicyclic) bond motifs is 3. The first-order valence-electron chi connectivity index (χ1n) is 16.8. The van der Waals surface area contributed by atoms with E-state index in [0.29, 0.717) is 0 Å². The smallest absolute Gasteiger partial charge is 0.0559 e. The molecular weight excluding hydrogens is 570 g/mol. The predicted molar refractivity (Wildman–Crippen MR) is 184 cm³/mol. The highest BCUT2D eigenvalue weighted by Gasteiger charge is 2.38. The second-order valence-corrected chi connectivity index (χ2v) is 15.5. The SMILES string of the molecule is CC1(Cn2cc(C(c3cn(CC4(C)COC4)c4ccccc34)c3cn(CC4(C)COC4)c4ccccc34)c3ccccc32)COC1. The molecule has 9 rings (SSSR count). The lowest BCUT2D eigenvalue weighted by Gasteiger charge is -2.38. The molecule has 0 aliphatic carbocycles. The number of hydrogen-bond donors (Lipinski definition) is 0. The zero-order chi connectivity index (χ0) is 31.1. The van der Waals surface area contributed by atoms with Crippen molar-refractivity contribution in [2.24, 2.45) is 16.2 Å². The number of nitrogens with zero attached hydrogens (tertiary/aromatic N) is 3. The largest absolute Gasteiger partial charge is 0.380 e. The molecule has 3 aromatic heterocycles. The van der Waals surface area contributed by atoms with Crippen LogP contribution in [0, 0.1) is 16.2 Å². The molecule has 6 aromatic rings. The third-order valence-corrected chi connectivity index (χ3v) is 10.8. The fraction of sp³-hybridized carbons (Fsp3) is 0.400. The van der Waals surface area contributed by atoms with Gasteiger partial charge >= 0.3 is 0 Å². The molecule has 0 amide bonds. The maximum absolute atomic E-state index is 5.69. The molecule has 3 saturated heterocycles. The van der Waals surface area contributed by atoms with E-state index in [2.05, 4.69) is 126 Å². The van der Waals surface area contributed by atoms with Crippen LogP contribution in [0.3, 0.4) is 0 Å². The van der Waals surface area contributed by atoms with Crippen molar-refractivity contribution in [1.82, 2.24) is 13.7 Å². The number of rotatable bonds is 9. The van der Waals surface area contributed by atoms with Crippen molar-refractivity contribution in [2.75, 3.05) is 39.6 Å². The summed E-state index contributed by atoms with van der Waals surface area (Å²) in [5.41, 5.74) is 8.43. The second kappa shape index (κ2) is 10.3. The van der Waals surface area contributed by atoms with Crippen LogP contribution in [0.4, 0.5) is 0 Å². The summed E-state index contributed by atoms with van der Waals surface area (Å²) in [5.74, 6) is 0.0461. The van der Waals surface area contributed by atoms with Gasteiger partial charge in [0.1, 0.15) is 0 Å². The number of ether oxygens (including phenoxy) is 3. The third kappa shape index (κ3) is 4.56. The summed E-state index contributed by atoms with van der Waals surface area (Å²) in [6.45, 7) is 14.7. The van der Waals surface area contributed by atoms with Gasteiger partial charge in [-0.15, -0.1) is 0 Å². The van der Waals surface area contributed by atoms with E-state index >= 15 is 0 Å². The van der Waals surface area contributed by atoms with E-state index in [1.807, 2.05) is 0 Å². The van der Waals surface area contributed by atoms with Crippen LogP contribution >= 0.6 is 0 Å². The van der Waals surface area contributed by atoms with Crippen molar-refractivity contribution in [3.8, 4) is 0 Å². The van der Waals surface area contributed by atoms with Gasteiger partial charge in [0.25, 0.3) is 0 Å². The van der Waals surface area contributed by atoms with Crippen LogP contribution in [-0.4, -0.2) is 53.3 Å². The Bertz CT molecular complexity index is 1850. The Morgan fingerprint density at radius 3 is 1.02 bits per heavy atom. The molecule has 3 aliphatic heterocycles. The Balaban J connectivity index is 1.29. The monoisotopic (exact) mass is 613 g/mol. The average molecular weight is 614 g/mol. The van der Waals surface area contributed by atoms with Crippen LogP contribution in [0.1, 0.15) is 43.4 Å². The number of para-hydroxylation sites is 3. The summed E-state index contributed by atoms with van der Waals surface area (Å²) in [4.78, 5) is 0. The standard InChI is InChI=1S/C40H43N3O3/c1-38(22-44-23-38)19-41-16-31(28-10-4-7-13-34(28)41)37(32-17-42(20-39(2)24-45-25-39)35-14-8-5-11-29(32)35)33-18-43(21-40(3)26-46-27-40)36-15-9-6-12-30(33)36/h4-18,37H,19-27H2,1-3H3. The molecule has 0 atom stereocenters. The van der Waals surface area contributed by atoms with E-state index in [4.69, 9.17) is 14.2 Å². The van der Waals surface area contributed by atoms with Gasteiger partial charge < -0.3 is 27.9 Å². The van der Waals surface area contributed by atoms with Gasteiger partial charge in [0.2, 0.25) is 0 Å². The molecule has 0 bridgehead atoms. The highest BCUT2D eigenvalue weighted by molar-refractivity contribution is 5.93. The van der Waals surface area contributed by atoms with Crippen molar-refractivity contribution in [3.63, 3.8) is 0 Å². The van der Waals surface area contributed by atoms with E-state index < -0.39 is 0 Å². The van der Waals surface area contributed by atoms with Crippen LogP contribution < -0.4 is 0 Å². The van der Waals surface area contributed by atoms with Crippen LogP contribution in [0.2, 0.25) is 0 Å². The summed E-state index contributed by atoms with van der Waals surface area (Å²) in [6, 6.07) is 27.0. The minimum atomic E-state index is 0.0461. The third-order valence-electron chi connectivity index (χ3n) is 10.8. The van der Waals surface area contributed by atoms with Crippen molar-refractivity contribution >= 4 is 32.7 Å². The maximum Gasteiger partial charge on any atom is 0.0559 e. The summed E-state index contributed by atoms with van der Waals surface area (Å²) < 4.78 is 24.6. The molecule has 0 saturated carbocycles. The first-order valence-corrected chi connectivity index (χ1v) is 16.8. The fourth-order valence-corrected chi connectivity index (χ4v) is 8.27. The molecule has 3 aliphatic rings. The Morgan fingerprint density at radius 2 is 0.761 bits per heavy atom. The number of aromatic nitrogens is 3. The molecule has 6 heterocycles. The van der Waals surface area contributed by atoms with Crippen LogP contribution in [0.5, 0.6) is 0 Å². The molecule has 236 valence electrons. The van der Waals surface area contributed by atoms with Crippen molar-refractivity contribution in [1.29, 1.82) is 0 Å².